The molecule has 6 heteroatoms. The number of fused-ring (bicyclic) bond motifs is 1. The van der Waals surface area contributed by atoms with Gasteiger partial charge in [-0.3, -0.25) is 9.78 Å². The van der Waals surface area contributed by atoms with E-state index in [1.54, 1.807) is 30.6 Å². The molecule has 0 fully saturated rings. The van der Waals surface area contributed by atoms with E-state index in [1.807, 2.05) is 41.3 Å². The second-order valence-corrected chi connectivity index (χ2v) is 7.09. The Balaban J connectivity index is 1.49. The van der Waals surface area contributed by atoms with E-state index in [-0.39, 0.29) is 12.5 Å². The van der Waals surface area contributed by atoms with E-state index < -0.39 is 5.97 Å². The maximum atomic E-state index is 13.0. The molecule has 0 spiro atoms. The number of aromatic nitrogens is 1. The van der Waals surface area contributed by atoms with Gasteiger partial charge >= 0.3 is 5.97 Å². The van der Waals surface area contributed by atoms with Crippen LogP contribution in [0, 0.1) is 0 Å². The van der Waals surface area contributed by atoms with Crippen molar-refractivity contribution in [2.75, 3.05) is 13.7 Å². The number of ether oxygens (including phenoxy) is 2. The van der Waals surface area contributed by atoms with E-state index >= 15 is 0 Å². The van der Waals surface area contributed by atoms with Crippen molar-refractivity contribution in [3.8, 4) is 5.75 Å². The fourth-order valence-electron chi connectivity index (χ4n) is 3.57. The normalized spacial score (nSPS) is 13.0. The quantitative estimate of drug-likeness (QED) is 0.589. The van der Waals surface area contributed by atoms with Crippen LogP contribution in [0.15, 0.2) is 67.0 Å². The average Bonchev–Trinajstić information content (AvgIpc) is 2.80. The lowest BCUT2D eigenvalue weighted by Gasteiger charge is -2.29. The van der Waals surface area contributed by atoms with Crippen LogP contribution in [0.5, 0.6) is 5.75 Å². The van der Waals surface area contributed by atoms with Gasteiger partial charge in [-0.15, -0.1) is 0 Å². The van der Waals surface area contributed by atoms with Crippen LogP contribution in [-0.4, -0.2) is 35.4 Å². The highest BCUT2D eigenvalue weighted by atomic mass is 16.5. The van der Waals surface area contributed by atoms with Gasteiger partial charge in [0.1, 0.15) is 12.4 Å². The summed E-state index contributed by atoms with van der Waals surface area (Å²) in [7, 11) is 1.35. The van der Waals surface area contributed by atoms with Crippen molar-refractivity contribution in [1.29, 1.82) is 0 Å². The second-order valence-electron chi connectivity index (χ2n) is 7.09. The maximum Gasteiger partial charge on any atom is 0.338 e. The minimum absolute atomic E-state index is 0.0134. The summed E-state index contributed by atoms with van der Waals surface area (Å²) < 4.78 is 10.7. The molecule has 0 bridgehead atoms. The van der Waals surface area contributed by atoms with Crippen LogP contribution in [0.25, 0.3) is 0 Å². The van der Waals surface area contributed by atoms with Crippen molar-refractivity contribution in [1.82, 2.24) is 9.88 Å². The van der Waals surface area contributed by atoms with Gasteiger partial charge in [-0.25, -0.2) is 4.79 Å². The summed E-state index contributed by atoms with van der Waals surface area (Å²) >= 11 is 0. The number of nitrogens with zero attached hydrogens (tertiary/aromatic N) is 2. The average molecular weight is 402 g/mol. The molecule has 1 amide bonds. The number of rotatable bonds is 6. The molecule has 30 heavy (non-hydrogen) atoms. The van der Waals surface area contributed by atoms with Crippen molar-refractivity contribution in [2.24, 2.45) is 0 Å². The minimum Gasteiger partial charge on any atom is -0.489 e. The van der Waals surface area contributed by atoms with Gasteiger partial charge < -0.3 is 14.4 Å². The van der Waals surface area contributed by atoms with Gasteiger partial charge in [-0.2, -0.15) is 0 Å². The van der Waals surface area contributed by atoms with E-state index in [4.69, 9.17) is 9.47 Å². The van der Waals surface area contributed by atoms with E-state index in [9.17, 15) is 9.59 Å². The Kier molecular flexibility index (Phi) is 5.75. The number of hydrogen-bond acceptors (Lipinski definition) is 5. The number of esters is 1. The molecule has 0 N–H and O–H groups in total. The summed E-state index contributed by atoms with van der Waals surface area (Å²) in [5.74, 6) is 0.173. The van der Waals surface area contributed by atoms with E-state index in [0.29, 0.717) is 30.0 Å². The molecule has 6 nitrogen and oxygen atoms in total. The Bertz CT molecular complexity index is 1070. The topological polar surface area (TPSA) is 68.7 Å². The maximum absolute atomic E-state index is 13.0. The molecule has 4 rings (SSSR count). The highest BCUT2D eigenvalue weighted by Gasteiger charge is 2.25. The summed E-state index contributed by atoms with van der Waals surface area (Å²) in [6.45, 7) is 1.41. The number of amides is 1. The lowest BCUT2D eigenvalue weighted by molar-refractivity contribution is 0.0597. The zero-order valence-electron chi connectivity index (χ0n) is 16.7. The second kappa shape index (κ2) is 8.78. The number of methoxy groups -OCH3 is 1. The Hall–Kier alpha value is -3.67. The van der Waals surface area contributed by atoms with Crippen LogP contribution in [0.1, 0.15) is 37.4 Å². The van der Waals surface area contributed by atoms with Gasteiger partial charge in [0, 0.05) is 36.6 Å². The zero-order chi connectivity index (χ0) is 20.9. The number of benzene rings is 2. The molecule has 0 aliphatic carbocycles. The predicted octanol–water partition coefficient (Wildman–Crippen LogP) is 3.65. The molecule has 3 aromatic rings. The molecule has 1 aliphatic rings. The molecule has 0 saturated carbocycles. The first-order valence-corrected chi connectivity index (χ1v) is 9.76. The molecule has 1 aromatic heterocycles. The first-order valence-electron chi connectivity index (χ1n) is 9.76. The smallest absolute Gasteiger partial charge is 0.338 e. The van der Waals surface area contributed by atoms with E-state index in [1.165, 1.54) is 7.11 Å². The third kappa shape index (κ3) is 4.17. The molecule has 2 heterocycles. The van der Waals surface area contributed by atoms with Gasteiger partial charge in [0.15, 0.2) is 0 Å². The molecular formula is C24H22N2O4. The Morgan fingerprint density at radius 1 is 1.13 bits per heavy atom. The summed E-state index contributed by atoms with van der Waals surface area (Å²) in [5.41, 5.74) is 3.87. The number of carbonyl (C=O) groups excluding carboxylic acids is 2. The standard InChI is InChI=1S/C24H22N2O4/c1-29-24(28)21-7-3-2-6-19(21)16-30-20-9-8-18-10-12-26(23(27)22(18)13-20)15-17-5-4-11-25-14-17/h2-9,11,13-14H,10,12,15-16H2,1H3. The molecule has 152 valence electrons. The molecule has 0 radical (unpaired) electrons. The molecule has 1 aliphatic heterocycles. The van der Waals surface area contributed by atoms with Crippen molar-refractivity contribution < 1.29 is 19.1 Å². The fraction of sp³-hybridized carbons (Fsp3) is 0.208. The van der Waals surface area contributed by atoms with E-state index in [2.05, 4.69) is 4.98 Å². The van der Waals surface area contributed by atoms with Crippen LogP contribution in [0.4, 0.5) is 0 Å². The summed E-state index contributed by atoms with van der Waals surface area (Å²) in [6.07, 6.45) is 4.30. The fourth-order valence-corrected chi connectivity index (χ4v) is 3.57. The van der Waals surface area contributed by atoms with Gasteiger partial charge in [0.05, 0.1) is 12.7 Å². The highest BCUT2D eigenvalue weighted by Crippen LogP contribution is 2.26. The van der Waals surface area contributed by atoms with Crippen molar-refractivity contribution in [3.05, 3.63) is 94.8 Å². The largest absolute Gasteiger partial charge is 0.489 e. The summed E-state index contributed by atoms with van der Waals surface area (Å²) in [4.78, 5) is 30.9. The summed E-state index contributed by atoms with van der Waals surface area (Å²) in [5, 5.41) is 0. The zero-order valence-corrected chi connectivity index (χ0v) is 16.7. The van der Waals surface area contributed by atoms with Crippen LogP contribution in [0.2, 0.25) is 0 Å². The van der Waals surface area contributed by atoms with Gasteiger partial charge in [0.2, 0.25) is 0 Å². The third-order valence-corrected chi connectivity index (χ3v) is 5.16. The van der Waals surface area contributed by atoms with Crippen LogP contribution >= 0.6 is 0 Å². The molecule has 0 atom stereocenters. The molecule has 0 saturated heterocycles. The Morgan fingerprint density at radius 3 is 2.80 bits per heavy atom. The highest BCUT2D eigenvalue weighted by molar-refractivity contribution is 5.97. The number of carbonyl (C=O) groups is 2. The minimum atomic E-state index is -0.402. The molecule has 0 unspecified atom stereocenters. The molecular weight excluding hydrogens is 380 g/mol. The van der Waals surface area contributed by atoms with Gasteiger partial charge in [0.25, 0.3) is 5.91 Å². The number of hydrogen-bond donors (Lipinski definition) is 0. The SMILES string of the molecule is COC(=O)c1ccccc1COc1ccc2c(c1)C(=O)N(Cc1cccnc1)CC2. The van der Waals surface area contributed by atoms with Crippen molar-refractivity contribution in [2.45, 2.75) is 19.6 Å². The van der Waals surface area contributed by atoms with Crippen LogP contribution in [0.3, 0.4) is 0 Å². The van der Waals surface area contributed by atoms with Gasteiger partial charge in [-0.1, -0.05) is 30.3 Å². The first-order chi connectivity index (χ1) is 14.7. The lowest BCUT2D eigenvalue weighted by Crippen LogP contribution is -2.37. The number of pyridine rings is 1. The lowest BCUT2D eigenvalue weighted by atomic mass is 9.98. The summed E-state index contributed by atoms with van der Waals surface area (Å²) in [6, 6.07) is 16.6. The van der Waals surface area contributed by atoms with E-state index in [0.717, 1.165) is 23.1 Å². The third-order valence-electron chi connectivity index (χ3n) is 5.16. The predicted molar refractivity (Wildman–Crippen MR) is 111 cm³/mol. The van der Waals surface area contributed by atoms with Crippen LogP contribution < -0.4 is 4.74 Å². The van der Waals surface area contributed by atoms with Gasteiger partial charge in [-0.05, 0) is 41.8 Å². The molecule has 2 aromatic carbocycles. The van der Waals surface area contributed by atoms with Crippen molar-refractivity contribution >= 4 is 11.9 Å². The van der Waals surface area contributed by atoms with Crippen molar-refractivity contribution in [3.63, 3.8) is 0 Å². The Morgan fingerprint density at radius 2 is 2.00 bits per heavy atom. The Labute approximate surface area is 175 Å². The monoisotopic (exact) mass is 402 g/mol. The first kappa shape index (κ1) is 19.6. The van der Waals surface area contributed by atoms with Crippen LogP contribution in [-0.2, 0) is 24.3 Å².